The maximum atomic E-state index is 14.3. The lowest BCUT2D eigenvalue weighted by Crippen LogP contribution is -2.19. The van der Waals surface area contributed by atoms with Crippen LogP contribution in [0.1, 0.15) is 51.9 Å². The number of carboxylic acids is 1. The molecular weight excluding hydrogens is 665 g/mol. The van der Waals surface area contributed by atoms with Gasteiger partial charge in [-0.05, 0) is 91.6 Å². The first-order valence-corrected chi connectivity index (χ1v) is 17.7. The Morgan fingerprint density at radius 2 is 1.90 bits per heavy atom. The molecule has 0 saturated heterocycles. The monoisotopic (exact) mass is 703 g/mol. The van der Waals surface area contributed by atoms with E-state index in [-0.39, 0.29) is 24.7 Å². The average Bonchev–Trinajstić information content (AvgIpc) is 3.57. The van der Waals surface area contributed by atoms with E-state index in [1.54, 1.807) is 40.5 Å². The number of carbonyl (C=O) groups is 1. The molecule has 8 bridgehead atoms. The second kappa shape index (κ2) is 15.1. The van der Waals surface area contributed by atoms with E-state index in [9.17, 15) is 19.4 Å². The molecule has 6 rings (SSSR count). The number of aromatic carboxylic acids is 1. The van der Waals surface area contributed by atoms with Gasteiger partial charge in [-0.2, -0.15) is 10.2 Å². The highest BCUT2D eigenvalue weighted by Crippen LogP contribution is 2.35. The normalized spacial score (nSPS) is 16.7. The van der Waals surface area contributed by atoms with Gasteiger partial charge in [-0.1, -0.05) is 23.7 Å². The van der Waals surface area contributed by atoms with E-state index in [0.717, 1.165) is 51.6 Å². The van der Waals surface area contributed by atoms with E-state index in [0.29, 0.717) is 58.4 Å². The van der Waals surface area contributed by atoms with Crippen LogP contribution in [0.3, 0.4) is 0 Å². The molecular formula is C37H39ClFN5O4S. The Hall–Kier alpha value is -4.32. The summed E-state index contributed by atoms with van der Waals surface area (Å²) in [6, 6.07) is 14.5. The van der Waals surface area contributed by atoms with E-state index in [1.165, 1.54) is 12.1 Å². The first kappa shape index (κ1) is 34.5. The molecule has 0 fully saturated rings. The van der Waals surface area contributed by atoms with Gasteiger partial charge in [0.25, 0.3) is 0 Å². The minimum Gasteiger partial charge on any atom is -0.493 e. The Morgan fingerprint density at radius 1 is 1.08 bits per heavy atom. The molecule has 1 aliphatic heterocycles. The van der Waals surface area contributed by atoms with Crippen molar-refractivity contribution in [2.45, 2.75) is 38.4 Å². The van der Waals surface area contributed by atoms with E-state index >= 15 is 0 Å². The number of hydrogen-bond acceptors (Lipinski definition) is 7. The molecule has 1 aliphatic rings. The molecule has 0 aliphatic carbocycles. The van der Waals surface area contributed by atoms with Crippen LogP contribution in [-0.2, 0) is 39.1 Å². The van der Waals surface area contributed by atoms with Crippen LogP contribution >= 0.6 is 23.4 Å². The lowest BCUT2D eigenvalue weighted by Gasteiger charge is -2.19. The van der Waals surface area contributed by atoms with Gasteiger partial charge in [0, 0.05) is 64.6 Å². The van der Waals surface area contributed by atoms with Crippen molar-refractivity contribution in [2.75, 3.05) is 25.5 Å². The Kier molecular flexibility index (Phi) is 10.6. The molecule has 5 aromatic rings. The fourth-order valence-electron chi connectivity index (χ4n) is 6.55. The van der Waals surface area contributed by atoms with E-state index in [1.807, 2.05) is 49.1 Å². The topological polar surface area (TPSA) is 105 Å². The number of hydrogen-bond donors (Lipinski definition) is 2. The number of thioether (sulfide) groups is 1. The number of aryl methyl sites for hydroxylation is 5. The maximum Gasteiger partial charge on any atom is 0.352 e. The van der Waals surface area contributed by atoms with Gasteiger partial charge in [0.05, 0.1) is 31.0 Å². The SMILES string of the molecule is C/C1=C\c2c(Cl)ccc3c(c(C(=O)O)n(C)c23)CCCOc2cc(cc3cc(F)ccc23)CCc2cc(nn2C)CSC/C=N/N1CCO. The molecule has 49 heavy (non-hydrogen) atoms. The fourth-order valence-corrected chi connectivity index (χ4v) is 7.40. The Morgan fingerprint density at radius 3 is 2.69 bits per heavy atom. The molecule has 256 valence electrons. The number of aliphatic hydroxyl groups excluding tert-OH is 1. The molecule has 0 radical (unpaired) electrons. The van der Waals surface area contributed by atoms with Crippen LogP contribution in [0.25, 0.3) is 27.8 Å². The molecule has 12 heteroatoms. The number of benzene rings is 3. The van der Waals surface area contributed by atoms with Gasteiger partial charge in [0.2, 0.25) is 0 Å². The summed E-state index contributed by atoms with van der Waals surface area (Å²) in [7, 11) is 3.69. The number of fused-ring (bicyclic) bond motifs is 6. The summed E-state index contributed by atoms with van der Waals surface area (Å²) in [5.74, 6) is 0.680. The van der Waals surface area contributed by atoms with Gasteiger partial charge >= 0.3 is 5.97 Å². The summed E-state index contributed by atoms with van der Waals surface area (Å²) in [5, 5.41) is 34.1. The van der Waals surface area contributed by atoms with E-state index in [4.69, 9.17) is 21.4 Å². The minimum atomic E-state index is -1.03. The largest absolute Gasteiger partial charge is 0.493 e. The minimum absolute atomic E-state index is 0.0971. The second-order valence-corrected chi connectivity index (χ2v) is 13.6. The predicted molar refractivity (Wildman–Crippen MR) is 195 cm³/mol. The summed E-state index contributed by atoms with van der Waals surface area (Å²) in [5.41, 5.74) is 6.11. The van der Waals surface area contributed by atoms with Crippen molar-refractivity contribution in [1.29, 1.82) is 0 Å². The molecule has 0 atom stereocenters. The standard InChI is InChI=1S/C37H39ClFN5O4S/c1-23-17-32-33(38)11-10-31-30(36(37(46)47)42(2)35(31)32)5-4-15-48-34-19-24(18-25-20-26(39)7-9-29(25)34)6-8-28-21-27(41-43(28)3)22-49-16-12-40-44(23)13-14-45/h7,9-12,17-21,45H,4-6,8,13-16,22H2,1-3H3,(H,46,47)/b23-17+,40-12+. The van der Waals surface area contributed by atoms with Crippen LogP contribution in [0, 0.1) is 5.82 Å². The van der Waals surface area contributed by atoms with E-state index < -0.39 is 5.97 Å². The first-order valence-electron chi connectivity index (χ1n) is 16.2. The Labute approximate surface area is 293 Å². The van der Waals surface area contributed by atoms with E-state index in [2.05, 4.69) is 11.2 Å². The van der Waals surface area contributed by atoms with Gasteiger partial charge < -0.3 is 19.5 Å². The van der Waals surface area contributed by atoms with Crippen molar-refractivity contribution in [1.82, 2.24) is 19.4 Å². The smallest absolute Gasteiger partial charge is 0.352 e. The summed E-state index contributed by atoms with van der Waals surface area (Å²) >= 11 is 8.44. The van der Waals surface area contributed by atoms with Crippen LogP contribution < -0.4 is 4.74 Å². The molecule has 3 aromatic carbocycles. The van der Waals surface area contributed by atoms with Crippen molar-refractivity contribution < 1.29 is 24.1 Å². The number of allylic oxidation sites excluding steroid dienone is 1. The van der Waals surface area contributed by atoms with Crippen LogP contribution in [0.2, 0.25) is 5.02 Å². The number of hydrazone groups is 1. The highest BCUT2D eigenvalue weighted by atomic mass is 35.5. The molecule has 0 spiro atoms. The number of carboxylic acid groups (broad SMARTS) is 1. The van der Waals surface area contributed by atoms with Gasteiger partial charge in [-0.3, -0.25) is 9.69 Å². The highest BCUT2D eigenvalue weighted by molar-refractivity contribution is 7.99. The molecule has 0 saturated carbocycles. The highest BCUT2D eigenvalue weighted by Gasteiger charge is 2.23. The number of rotatable bonds is 3. The van der Waals surface area contributed by atoms with Gasteiger partial charge in [0.1, 0.15) is 17.3 Å². The predicted octanol–water partition coefficient (Wildman–Crippen LogP) is 7.24. The van der Waals surface area contributed by atoms with Crippen LogP contribution in [0.15, 0.2) is 59.3 Å². The van der Waals surface area contributed by atoms with Crippen molar-refractivity contribution >= 4 is 63.3 Å². The number of aliphatic hydroxyl groups is 1. The third kappa shape index (κ3) is 7.49. The number of ether oxygens (including phenoxy) is 1. The quantitative estimate of drug-likeness (QED) is 0.204. The maximum absolute atomic E-state index is 14.3. The van der Waals surface area contributed by atoms with Crippen molar-refractivity contribution in [3.63, 3.8) is 0 Å². The lowest BCUT2D eigenvalue weighted by molar-refractivity contribution is 0.0685. The lowest BCUT2D eigenvalue weighted by atomic mass is 10.0. The van der Waals surface area contributed by atoms with Crippen molar-refractivity contribution in [3.05, 3.63) is 98.8 Å². The van der Waals surface area contributed by atoms with Crippen LogP contribution in [0.4, 0.5) is 4.39 Å². The zero-order valence-electron chi connectivity index (χ0n) is 27.7. The number of nitrogens with zero attached hydrogens (tertiary/aromatic N) is 5. The zero-order valence-corrected chi connectivity index (χ0v) is 29.3. The summed E-state index contributed by atoms with van der Waals surface area (Å²) in [4.78, 5) is 12.6. The van der Waals surface area contributed by atoms with Crippen molar-refractivity contribution in [3.8, 4) is 5.75 Å². The fraction of sp³-hybridized carbons (Fsp3) is 0.324. The van der Waals surface area contributed by atoms with Gasteiger partial charge in [0.15, 0.2) is 0 Å². The Balaban J connectivity index is 1.40. The molecule has 9 nitrogen and oxygen atoms in total. The third-order valence-electron chi connectivity index (χ3n) is 8.85. The zero-order chi connectivity index (χ0) is 34.7. The number of aromatic nitrogens is 3. The average molecular weight is 704 g/mol. The first-order chi connectivity index (χ1) is 23.6. The Bertz CT molecular complexity index is 2090. The summed E-state index contributed by atoms with van der Waals surface area (Å²) in [6.07, 6.45) is 6.18. The molecule has 0 amide bonds. The summed E-state index contributed by atoms with van der Waals surface area (Å²) < 4.78 is 24.2. The molecule has 3 heterocycles. The molecule has 0 unspecified atom stereocenters. The van der Waals surface area contributed by atoms with Crippen molar-refractivity contribution in [2.24, 2.45) is 19.2 Å². The van der Waals surface area contributed by atoms with Crippen LogP contribution in [-0.4, -0.2) is 67.3 Å². The third-order valence-corrected chi connectivity index (χ3v) is 10.1. The second-order valence-electron chi connectivity index (χ2n) is 12.2. The number of β-amino-alcohol motifs (C(OH)–C–C–N with tert-alkyl or cyclic N) is 1. The molecule has 2 N–H and O–H groups in total. The molecule has 2 aromatic heterocycles. The summed E-state index contributed by atoms with van der Waals surface area (Å²) in [6.45, 7) is 2.41. The van der Waals surface area contributed by atoms with Gasteiger partial charge in [-0.15, -0.1) is 11.8 Å². The van der Waals surface area contributed by atoms with Crippen LogP contribution in [0.5, 0.6) is 5.75 Å². The number of halogens is 2. The van der Waals surface area contributed by atoms with Gasteiger partial charge in [-0.25, -0.2) is 9.18 Å².